The maximum Gasteiger partial charge on any atom is 0.136 e. The lowest BCUT2D eigenvalue weighted by Gasteiger charge is -2.14. The number of fused-ring (bicyclic) bond motifs is 18. The van der Waals surface area contributed by atoms with Crippen molar-refractivity contribution >= 4 is 173 Å². The Morgan fingerprint density at radius 2 is 0.447 bits per heavy atom. The first-order valence-corrected chi connectivity index (χ1v) is 46.3. The van der Waals surface area contributed by atoms with E-state index < -0.39 is 0 Å². The van der Waals surface area contributed by atoms with Gasteiger partial charge in [-0.05, 0) is 254 Å². The van der Waals surface area contributed by atoms with Gasteiger partial charge in [0.15, 0.2) is 0 Å². The van der Waals surface area contributed by atoms with E-state index in [0.29, 0.717) is 0 Å². The molecule has 0 radical (unpaired) electrons. The van der Waals surface area contributed by atoms with Gasteiger partial charge in [0, 0.05) is 96.8 Å². The van der Waals surface area contributed by atoms with Gasteiger partial charge in [0.1, 0.15) is 11.2 Å². The predicted molar refractivity (Wildman–Crippen MR) is 559 cm³/mol. The van der Waals surface area contributed by atoms with Crippen molar-refractivity contribution in [1.82, 2.24) is 18.3 Å². The standard InChI is InChI=1S/C46H28N2.C40H23NO.C40H23NS/c1-2-14-31(15-3-1)47-39-23-7-6-19-38(39)44-33(20-10-24-40(44)47)30-13-8-16-32(28-30)48-41-25-11-22-37-35-18-5-4-17-34(35)36-21-9-12-29-26-27-42(48)46(43(29)36)45(37)41;2*1-2-13-29-28(12-1)30-16-6-9-24-21-22-34-40(37(24)30)39-31(29)17-7-18-33(39)41(34)26-11-5-10-25(23-26)27-15-8-20-36-38(27)32-14-3-4-19-35(32)42-36/h1-28H;2*1-23H. The third-order valence-corrected chi connectivity index (χ3v) is 29.8. The van der Waals surface area contributed by atoms with E-state index in [-0.39, 0.29) is 0 Å². The van der Waals surface area contributed by atoms with Gasteiger partial charge in [-0.3, -0.25) is 0 Å². The van der Waals surface area contributed by atoms with Gasteiger partial charge in [-0.2, -0.15) is 0 Å². The number of thiophene rings is 1. The van der Waals surface area contributed by atoms with Gasteiger partial charge in [0.05, 0.1) is 44.1 Å². The number of hydrogen-bond donors (Lipinski definition) is 0. The molecule has 3 aliphatic carbocycles. The van der Waals surface area contributed by atoms with Crippen molar-refractivity contribution in [2.24, 2.45) is 0 Å². The van der Waals surface area contributed by atoms with Crippen LogP contribution in [0.25, 0.3) is 285 Å². The summed E-state index contributed by atoms with van der Waals surface area (Å²) in [5.74, 6) is 0. The zero-order chi connectivity index (χ0) is 86.1. The molecule has 0 unspecified atom stereocenters. The average Bonchev–Trinajstić information content (AvgIpc) is 1.54. The molecule has 31 rings (SSSR count). The molecule has 0 bridgehead atoms. The van der Waals surface area contributed by atoms with Crippen LogP contribution in [0.15, 0.2) is 453 Å². The highest BCUT2D eigenvalue weighted by Gasteiger charge is 2.31. The SMILES string of the molecule is c1cc(-c2cccc3oc4ccccc4c23)cc(-n2c3cccc4c3c3c5c(cccc5ccc32)-c2ccccc2-4)c1.c1cc(-c2cccc3sc4ccccc4c23)cc(-n2c3cccc4c3c3c5c(cccc5ccc32)-c2ccccc2-4)c1.c1ccc(-n2c3ccccc3c3c(-c4cccc(-n5c6cccc7c6c6c8c(cccc8ccc65)-c5ccccc5-7)c4)cccc32)cc1. The minimum Gasteiger partial charge on any atom is -0.456 e. The van der Waals surface area contributed by atoms with E-state index in [1.807, 2.05) is 23.5 Å². The van der Waals surface area contributed by atoms with E-state index >= 15 is 0 Å². The number of hydrogen-bond acceptors (Lipinski definition) is 2. The number of nitrogens with zero attached hydrogens (tertiary/aromatic N) is 4. The monoisotopic (exact) mass is 1690 g/mol. The maximum absolute atomic E-state index is 6.23. The number of rotatable bonds is 7. The minimum absolute atomic E-state index is 0.917. The summed E-state index contributed by atoms with van der Waals surface area (Å²) in [6, 6.07) is 165. The van der Waals surface area contributed by atoms with Crippen LogP contribution in [-0.4, -0.2) is 18.3 Å². The predicted octanol–water partition coefficient (Wildman–Crippen LogP) is 35.1. The first kappa shape index (κ1) is 72.9. The lowest BCUT2D eigenvalue weighted by atomic mass is 9.93. The third-order valence-electron chi connectivity index (χ3n) is 28.7. The van der Waals surface area contributed by atoms with Crippen LogP contribution in [0.3, 0.4) is 0 Å². The summed E-state index contributed by atoms with van der Waals surface area (Å²) >= 11 is 1.88. The molecule has 0 aliphatic heterocycles. The van der Waals surface area contributed by atoms with Gasteiger partial charge in [-0.25, -0.2) is 0 Å². The summed E-state index contributed by atoms with van der Waals surface area (Å²) in [6.07, 6.45) is 0. The summed E-state index contributed by atoms with van der Waals surface area (Å²) in [4.78, 5) is 0. The van der Waals surface area contributed by atoms with Crippen molar-refractivity contribution in [3.63, 3.8) is 0 Å². The average molecular weight is 1690 g/mol. The molecule has 0 saturated carbocycles. The van der Waals surface area contributed by atoms with Crippen molar-refractivity contribution in [3.05, 3.63) is 449 Å². The van der Waals surface area contributed by atoms with E-state index in [2.05, 4.69) is 455 Å². The molecule has 6 heteroatoms. The van der Waals surface area contributed by atoms with Crippen LogP contribution in [0.2, 0.25) is 0 Å². The molecule has 28 aromatic rings. The molecule has 610 valence electrons. The minimum atomic E-state index is 0.917. The summed E-state index contributed by atoms with van der Waals surface area (Å²) in [5.41, 5.74) is 39.3. The lowest BCUT2D eigenvalue weighted by Crippen LogP contribution is -1.95. The van der Waals surface area contributed by atoms with Crippen LogP contribution in [0, 0.1) is 0 Å². The van der Waals surface area contributed by atoms with Crippen LogP contribution in [-0.2, 0) is 0 Å². The highest BCUT2D eigenvalue weighted by Crippen LogP contribution is 2.56. The highest BCUT2D eigenvalue weighted by molar-refractivity contribution is 7.26. The number of benzene rings is 22. The fraction of sp³-hybridized carbons (Fsp3) is 0. The Labute approximate surface area is 761 Å². The molecule has 6 aromatic heterocycles. The van der Waals surface area contributed by atoms with Crippen LogP contribution in [0.4, 0.5) is 0 Å². The second kappa shape index (κ2) is 28.2. The Hall–Kier alpha value is -17.2. The molecule has 22 aromatic carbocycles. The smallest absolute Gasteiger partial charge is 0.136 e. The van der Waals surface area contributed by atoms with Gasteiger partial charge in [0.25, 0.3) is 0 Å². The molecule has 0 N–H and O–H groups in total. The Morgan fingerprint density at radius 1 is 0.152 bits per heavy atom. The fourth-order valence-corrected chi connectivity index (χ4v) is 24.5. The van der Waals surface area contributed by atoms with E-state index in [0.717, 1.165) is 27.6 Å². The Bertz CT molecular complexity index is 9530. The van der Waals surface area contributed by atoms with Crippen LogP contribution in [0.5, 0.6) is 0 Å². The van der Waals surface area contributed by atoms with Gasteiger partial charge >= 0.3 is 0 Å². The van der Waals surface area contributed by atoms with Crippen LogP contribution in [0.1, 0.15) is 0 Å². The van der Waals surface area contributed by atoms with Crippen LogP contribution >= 0.6 is 11.3 Å². The Kier molecular flexibility index (Phi) is 15.6. The molecule has 0 atom stereocenters. The summed E-state index contributed by atoms with van der Waals surface area (Å²) in [6.45, 7) is 0. The molecule has 0 fully saturated rings. The molecular formula is C126H74N4OS. The molecule has 5 nitrogen and oxygen atoms in total. The molecule has 3 aliphatic rings. The Balaban J connectivity index is 0.0000000973. The van der Waals surface area contributed by atoms with E-state index in [1.54, 1.807) is 0 Å². The zero-order valence-corrected chi connectivity index (χ0v) is 72.1. The largest absolute Gasteiger partial charge is 0.456 e. The van der Waals surface area contributed by atoms with Crippen molar-refractivity contribution in [1.29, 1.82) is 0 Å². The summed E-state index contributed by atoms with van der Waals surface area (Å²) < 4.78 is 18.7. The van der Waals surface area contributed by atoms with Crippen LogP contribution < -0.4 is 0 Å². The van der Waals surface area contributed by atoms with Gasteiger partial charge in [-0.1, -0.05) is 328 Å². The zero-order valence-electron chi connectivity index (χ0n) is 71.3. The van der Waals surface area contributed by atoms with E-state index in [4.69, 9.17) is 4.42 Å². The summed E-state index contributed by atoms with van der Waals surface area (Å²) in [7, 11) is 0. The van der Waals surface area contributed by atoms with Gasteiger partial charge in [-0.15, -0.1) is 11.3 Å². The van der Waals surface area contributed by atoms with Gasteiger partial charge in [0.2, 0.25) is 0 Å². The highest BCUT2D eigenvalue weighted by atomic mass is 32.1. The second-order valence-electron chi connectivity index (χ2n) is 35.4. The van der Waals surface area contributed by atoms with Crippen molar-refractivity contribution in [3.8, 4) is 123 Å². The third kappa shape index (κ3) is 10.4. The first-order chi connectivity index (χ1) is 65.5. The quantitative estimate of drug-likeness (QED) is 0.157. The topological polar surface area (TPSA) is 32.9 Å². The molecule has 132 heavy (non-hydrogen) atoms. The molecule has 6 heterocycles. The molecule has 0 amide bonds. The molecular weight excluding hydrogens is 1620 g/mol. The van der Waals surface area contributed by atoms with Crippen molar-refractivity contribution in [2.75, 3.05) is 0 Å². The van der Waals surface area contributed by atoms with Crippen molar-refractivity contribution < 1.29 is 4.42 Å². The molecule has 0 saturated heterocycles. The van der Waals surface area contributed by atoms with E-state index in [1.165, 1.54) is 257 Å². The number of aromatic nitrogens is 4. The van der Waals surface area contributed by atoms with E-state index in [9.17, 15) is 0 Å². The van der Waals surface area contributed by atoms with Crippen molar-refractivity contribution in [2.45, 2.75) is 0 Å². The van der Waals surface area contributed by atoms with Gasteiger partial charge < -0.3 is 22.7 Å². The number of para-hydroxylation sites is 3. The first-order valence-electron chi connectivity index (χ1n) is 45.5. The normalized spacial score (nSPS) is 12.2. The molecule has 0 spiro atoms. The summed E-state index contributed by atoms with van der Waals surface area (Å²) in [5, 5.41) is 23.4. The maximum atomic E-state index is 6.23. The number of furan rings is 1. The lowest BCUT2D eigenvalue weighted by molar-refractivity contribution is 0.669. The second-order valence-corrected chi connectivity index (χ2v) is 36.5. The Morgan fingerprint density at radius 3 is 0.917 bits per heavy atom. The fourth-order valence-electron chi connectivity index (χ4n) is 23.4.